The molecule has 0 saturated heterocycles. The lowest BCUT2D eigenvalue weighted by molar-refractivity contribution is -0.123. The van der Waals surface area contributed by atoms with Gasteiger partial charge in [0.05, 0.1) is 5.56 Å². The number of nitrogens with one attached hydrogen (secondary N) is 1. The number of aryl methyl sites for hydroxylation is 1. The van der Waals surface area contributed by atoms with Crippen molar-refractivity contribution in [2.24, 2.45) is 0 Å². The summed E-state index contributed by atoms with van der Waals surface area (Å²) in [6.45, 7) is 3.30. The molecule has 0 aromatic heterocycles. The smallest absolute Gasteiger partial charge is 0.339 e. The third kappa shape index (κ3) is 4.71. The molecular weight excluding hydrogens is 337 g/mol. The number of carbonyl (C=O) groups is 2. The topological polar surface area (TPSA) is 55.4 Å². The van der Waals surface area contributed by atoms with E-state index in [1.165, 1.54) is 6.92 Å². The second kappa shape index (κ2) is 7.49. The second-order valence-electron chi connectivity index (χ2n) is 5.01. The van der Waals surface area contributed by atoms with Gasteiger partial charge in [-0.25, -0.2) is 4.79 Å². The molecule has 1 atom stereocenters. The number of anilines is 1. The van der Waals surface area contributed by atoms with Gasteiger partial charge in [-0.2, -0.15) is 0 Å². The first kappa shape index (κ1) is 17.3. The van der Waals surface area contributed by atoms with Crippen LogP contribution in [-0.2, 0) is 9.53 Å². The van der Waals surface area contributed by atoms with E-state index in [0.29, 0.717) is 21.3 Å². The lowest BCUT2D eigenvalue weighted by atomic mass is 10.1. The maximum Gasteiger partial charge on any atom is 0.339 e. The van der Waals surface area contributed by atoms with Crippen molar-refractivity contribution >= 4 is 40.8 Å². The number of hydrogen-bond acceptors (Lipinski definition) is 3. The molecule has 23 heavy (non-hydrogen) atoms. The van der Waals surface area contributed by atoms with Crippen LogP contribution in [0.4, 0.5) is 5.69 Å². The van der Waals surface area contributed by atoms with E-state index in [-0.39, 0.29) is 0 Å². The van der Waals surface area contributed by atoms with Crippen LogP contribution < -0.4 is 5.32 Å². The number of carbonyl (C=O) groups excluding carboxylic acids is 2. The van der Waals surface area contributed by atoms with Crippen molar-refractivity contribution in [3.63, 3.8) is 0 Å². The van der Waals surface area contributed by atoms with Gasteiger partial charge in [-0.3, -0.25) is 4.79 Å². The number of amides is 1. The fraction of sp³-hybridized carbons (Fsp3) is 0.176. The Kier molecular flexibility index (Phi) is 5.64. The summed E-state index contributed by atoms with van der Waals surface area (Å²) in [5.41, 5.74) is 1.65. The normalized spacial score (nSPS) is 11.7. The molecule has 2 aromatic rings. The van der Waals surface area contributed by atoms with Gasteiger partial charge >= 0.3 is 5.97 Å². The highest BCUT2D eigenvalue weighted by atomic mass is 35.5. The average Bonchev–Trinajstić information content (AvgIpc) is 2.46. The Hall–Kier alpha value is -2.04. The van der Waals surface area contributed by atoms with Gasteiger partial charge in [0.25, 0.3) is 5.91 Å². The highest BCUT2D eigenvalue weighted by molar-refractivity contribution is 6.35. The van der Waals surface area contributed by atoms with Gasteiger partial charge in [-0.1, -0.05) is 41.4 Å². The van der Waals surface area contributed by atoms with E-state index >= 15 is 0 Å². The number of hydrogen-bond donors (Lipinski definition) is 1. The molecule has 2 rings (SSSR count). The fourth-order valence-corrected chi connectivity index (χ4v) is 2.48. The standard InChI is InChI=1S/C17H15Cl2NO3/c1-10-5-3-4-6-15(10)17(22)23-11(2)16(21)20-14-8-12(18)7-13(19)9-14/h3-9,11H,1-2H3,(H,20,21)/t11-/m0/s1. The van der Waals surface area contributed by atoms with Gasteiger partial charge in [0.15, 0.2) is 6.10 Å². The van der Waals surface area contributed by atoms with Crippen molar-refractivity contribution in [3.8, 4) is 0 Å². The molecule has 0 bridgehead atoms. The Labute approximate surface area is 144 Å². The summed E-state index contributed by atoms with van der Waals surface area (Å²) in [6, 6.07) is 11.7. The molecule has 6 heteroatoms. The van der Waals surface area contributed by atoms with Crippen molar-refractivity contribution in [1.29, 1.82) is 0 Å². The van der Waals surface area contributed by atoms with Crippen molar-refractivity contribution in [2.45, 2.75) is 20.0 Å². The zero-order chi connectivity index (χ0) is 17.0. The zero-order valence-electron chi connectivity index (χ0n) is 12.6. The van der Waals surface area contributed by atoms with Gasteiger partial charge in [-0.05, 0) is 43.7 Å². The molecule has 0 aliphatic rings. The van der Waals surface area contributed by atoms with Gasteiger partial charge in [-0.15, -0.1) is 0 Å². The Morgan fingerprint density at radius 1 is 1.09 bits per heavy atom. The van der Waals surface area contributed by atoms with Crippen LogP contribution in [0.15, 0.2) is 42.5 Å². The third-order valence-electron chi connectivity index (χ3n) is 3.15. The molecule has 0 fully saturated rings. The summed E-state index contributed by atoms with van der Waals surface area (Å²) in [5.74, 6) is -1.01. The van der Waals surface area contributed by atoms with Gasteiger partial charge < -0.3 is 10.1 Å². The summed E-state index contributed by atoms with van der Waals surface area (Å²) >= 11 is 11.7. The minimum absolute atomic E-state index is 0.400. The van der Waals surface area contributed by atoms with E-state index in [9.17, 15) is 9.59 Å². The number of ether oxygens (including phenoxy) is 1. The van der Waals surface area contributed by atoms with E-state index in [4.69, 9.17) is 27.9 Å². The minimum atomic E-state index is -0.958. The molecule has 1 N–H and O–H groups in total. The maximum atomic E-state index is 12.1. The van der Waals surface area contributed by atoms with Crippen LogP contribution in [-0.4, -0.2) is 18.0 Å². The van der Waals surface area contributed by atoms with Gasteiger partial charge in [0.1, 0.15) is 0 Å². The van der Waals surface area contributed by atoms with E-state index in [1.54, 1.807) is 43.3 Å². The number of esters is 1. The molecular formula is C17H15Cl2NO3. The molecule has 4 nitrogen and oxygen atoms in total. The Morgan fingerprint density at radius 3 is 2.30 bits per heavy atom. The summed E-state index contributed by atoms with van der Waals surface area (Å²) < 4.78 is 5.19. The van der Waals surface area contributed by atoms with E-state index in [0.717, 1.165) is 5.56 Å². The maximum absolute atomic E-state index is 12.1. The predicted octanol–water partition coefficient (Wildman–Crippen LogP) is 4.49. The highest BCUT2D eigenvalue weighted by Crippen LogP contribution is 2.22. The monoisotopic (exact) mass is 351 g/mol. The third-order valence-corrected chi connectivity index (χ3v) is 3.58. The largest absolute Gasteiger partial charge is 0.449 e. The zero-order valence-corrected chi connectivity index (χ0v) is 14.1. The van der Waals surface area contributed by atoms with Crippen LogP contribution in [0.5, 0.6) is 0 Å². The van der Waals surface area contributed by atoms with Crippen LogP contribution in [0, 0.1) is 6.92 Å². The van der Waals surface area contributed by atoms with Crippen molar-refractivity contribution in [1.82, 2.24) is 0 Å². The van der Waals surface area contributed by atoms with Crippen LogP contribution in [0.25, 0.3) is 0 Å². The van der Waals surface area contributed by atoms with Gasteiger partial charge in [0.2, 0.25) is 0 Å². The summed E-state index contributed by atoms with van der Waals surface area (Å²) in [6.07, 6.45) is -0.958. The van der Waals surface area contributed by atoms with Crippen LogP contribution in [0.1, 0.15) is 22.8 Å². The lowest BCUT2D eigenvalue weighted by Gasteiger charge is -2.14. The van der Waals surface area contributed by atoms with Crippen molar-refractivity contribution < 1.29 is 14.3 Å². The van der Waals surface area contributed by atoms with E-state index in [2.05, 4.69) is 5.32 Å². The highest BCUT2D eigenvalue weighted by Gasteiger charge is 2.20. The molecule has 0 saturated carbocycles. The molecule has 120 valence electrons. The predicted molar refractivity (Wildman–Crippen MR) is 91.1 cm³/mol. The molecule has 0 spiro atoms. The molecule has 0 radical (unpaired) electrons. The molecule has 1 amide bonds. The van der Waals surface area contributed by atoms with Crippen LogP contribution in [0.2, 0.25) is 10.0 Å². The first-order valence-electron chi connectivity index (χ1n) is 6.90. The van der Waals surface area contributed by atoms with Crippen molar-refractivity contribution in [2.75, 3.05) is 5.32 Å². The molecule has 0 heterocycles. The van der Waals surface area contributed by atoms with Crippen molar-refractivity contribution in [3.05, 3.63) is 63.6 Å². The lowest BCUT2D eigenvalue weighted by Crippen LogP contribution is -2.30. The second-order valence-corrected chi connectivity index (χ2v) is 5.88. The van der Waals surface area contributed by atoms with E-state index in [1.807, 2.05) is 6.07 Å². The first-order valence-corrected chi connectivity index (χ1v) is 7.66. The summed E-state index contributed by atoms with van der Waals surface area (Å²) in [7, 11) is 0. The summed E-state index contributed by atoms with van der Waals surface area (Å²) in [5, 5.41) is 3.41. The average molecular weight is 352 g/mol. The SMILES string of the molecule is Cc1ccccc1C(=O)O[C@@H](C)C(=O)Nc1cc(Cl)cc(Cl)c1. The van der Waals surface area contributed by atoms with Crippen LogP contribution >= 0.6 is 23.2 Å². The first-order chi connectivity index (χ1) is 10.9. The summed E-state index contributed by atoms with van der Waals surface area (Å²) in [4.78, 5) is 24.2. The molecule has 0 unspecified atom stereocenters. The van der Waals surface area contributed by atoms with Gasteiger partial charge in [0, 0.05) is 15.7 Å². The number of halogens is 2. The minimum Gasteiger partial charge on any atom is -0.449 e. The molecule has 0 aliphatic carbocycles. The quantitative estimate of drug-likeness (QED) is 0.825. The van der Waals surface area contributed by atoms with E-state index < -0.39 is 18.0 Å². The Morgan fingerprint density at radius 2 is 1.70 bits per heavy atom. The van der Waals surface area contributed by atoms with Crippen LogP contribution in [0.3, 0.4) is 0 Å². The Bertz CT molecular complexity index is 726. The fourth-order valence-electron chi connectivity index (χ4n) is 1.95. The number of benzene rings is 2. The number of rotatable bonds is 4. The molecule has 0 aliphatic heterocycles. The Balaban J connectivity index is 2.02. The molecule has 2 aromatic carbocycles.